The Morgan fingerprint density at radius 2 is 2.20 bits per heavy atom. The summed E-state index contributed by atoms with van der Waals surface area (Å²) in [5.41, 5.74) is 0.799. The maximum Gasteiger partial charge on any atom is 0.166 e. The van der Waals surface area contributed by atoms with E-state index in [0.717, 1.165) is 5.56 Å². The summed E-state index contributed by atoms with van der Waals surface area (Å²) in [6, 6.07) is 1.92. The molecule has 0 aromatic carbocycles. The number of hydrogen-bond donors (Lipinski definition) is 0. The standard InChI is InChI=1S/C11H16O3S/c1-9-7-10(8-15-9)11(12)3-4-14-6-5-13-2/h7-8H,3-6H2,1-2H3. The molecule has 1 heterocycles. The molecule has 0 amide bonds. The second-order valence-electron chi connectivity index (χ2n) is 3.22. The van der Waals surface area contributed by atoms with Gasteiger partial charge in [-0.3, -0.25) is 4.79 Å². The highest BCUT2D eigenvalue weighted by molar-refractivity contribution is 7.10. The Balaban J connectivity index is 2.19. The van der Waals surface area contributed by atoms with Crippen LogP contribution in [0.1, 0.15) is 21.7 Å². The summed E-state index contributed by atoms with van der Waals surface area (Å²) < 4.78 is 10.1. The van der Waals surface area contributed by atoms with Crippen LogP contribution in [0.4, 0.5) is 0 Å². The van der Waals surface area contributed by atoms with E-state index in [9.17, 15) is 4.79 Å². The molecule has 0 aliphatic carbocycles. The van der Waals surface area contributed by atoms with Crippen LogP contribution < -0.4 is 0 Å². The molecular formula is C11H16O3S. The number of carbonyl (C=O) groups is 1. The predicted octanol–water partition coefficient (Wildman–Crippen LogP) is 2.29. The van der Waals surface area contributed by atoms with E-state index in [4.69, 9.17) is 9.47 Å². The van der Waals surface area contributed by atoms with Gasteiger partial charge in [-0.1, -0.05) is 0 Å². The predicted molar refractivity (Wildman–Crippen MR) is 60.7 cm³/mol. The van der Waals surface area contributed by atoms with Gasteiger partial charge in [0, 0.05) is 29.4 Å². The molecule has 0 unspecified atom stereocenters. The van der Waals surface area contributed by atoms with Crippen molar-refractivity contribution < 1.29 is 14.3 Å². The molecule has 0 N–H and O–H groups in total. The van der Waals surface area contributed by atoms with Crippen molar-refractivity contribution in [3.05, 3.63) is 21.9 Å². The van der Waals surface area contributed by atoms with E-state index in [2.05, 4.69) is 0 Å². The topological polar surface area (TPSA) is 35.5 Å². The number of Topliss-reactive ketones (excluding diaryl/α,β-unsaturated/α-hetero) is 1. The van der Waals surface area contributed by atoms with E-state index < -0.39 is 0 Å². The van der Waals surface area contributed by atoms with Gasteiger partial charge in [0.15, 0.2) is 5.78 Å². The monoisotopic (exact) mass is 228 g/mol. The molecule has 1 rings (SSSR count). The molecule has 0 atom stereocenters. The van der Waals surface area contributed by atoms with Crippen molar-refractivity contribution in [1.82, 2.24) is 0 Å². The van der Waals surface area contributed by atoms with Crippen LogP contribution in [0, 0.1) is 6.92 Å². The third-order valence-corrected chi connectivity index (χ3v) is 2.82. The molecule has 1 aromatic rings. The lowest BCUT2D eigenvalue weighted by atomic mass is 10.1. The Labute approximate surface area is 94.0 Å². The fraction of sp³-hybridized carbons (Fsp3) is 0.545. The Morgan fingerprint density at radius 1 is 1.40 bits per heavy atom. The fourth-order valence-electron chi connectivity index (χ4n) is 1.14. The van der Waals surface area contributed by atoms with Crippen LogP contribution in [0.25, 0.3) is 0 Å². The van der Waals surface area contributed by atoms with Gasteiger partial charge in [0.25, 0.3) is 0 Å². The average molecular weight is 228 g/mol. The normalized spacial score (nSPS) is 10.5. The first-order chi connectivity index (χ1) is 7.24. The number of ketones is 1. The van der Waals surface area contributed by atoms with Crippen LogP contribution in [-0.2, 0) is 9.47 Å². The zero-order valence-electron chi connectivity index (χ0n) is 9.12. The van der Waals surface area contributed by atoms with Gasteiger partial charge in [0.2, 0.25) is 0 Å². The molecule has 0 saturated carbocycles. The lowest BCUT2D eigenvalue weighted by Crippen LogP contribution is -2.07. The van der Waals surface area contributed by atoms with Gasteiger partial charge < -0.3 is 9.47 Å². The summed E-state index contributed by atoms with van der Waals surface area (Å²) in [5.74, 6) is 0.150. The largest absolute Gasteiger partial charge is 0.382 e. The van der Waals surface area contributed by atoms with Crippen molar-refractivity contribution >= 4 is 17.1 Å². The molecule has 0 saturated heterocycles. The van der Waals surface area contributed by atoms with Crippen molar-refractivity contribution in [2.75, 3.05) is 26.9 Å². The molecule has 0 aliphatic heterocycles. The van der Waals surface area contributed by atoms with Crippen molar-refractivity contribution in [2.24, 2.45) is 0 Å². The minimum Gasteiger partial charge on any atom is -0.382 e. The SMILES string of the molecule is COCCOCCC(=O)c1csc(C)c1. The molecule has 15 heavy (non-hydrogen) atoms. The first kappa shape index (κ1) is 12.4. The summed E-state index contributed by atoms with van der Waals surface area (Å²) in [6.45, 7) is 3.59. The van der Waals surface area contributed by atoms with E-state index in [1.54, 1.807) is 18.4 Å². The first-order valence-corrected chi connectivity index (χ1v) is 5.77. The molecular weight excluding hydrogens is 212 g/mol. The molecule has 4 heteroatoms. The number of methoxy groups -OCH3 is 1. The summed E-state index contributed by atoms with van der Waals surface area (Å²) in [5, 5.41) is 1.90. The van der Waals surface area contributed by atoms with E-state index in [-0.39, 0.29) is 5.78 Å². The van der Waals surface area contributed by atoms with E-state index in [1.807, 2.05) is 18.4 Å². The van der Waals surface area contributed by atoms with Gasteiger partial charge in [-0.25, -0.2) is 0 Å². The van der Waals surface area contributed by atoms with Gasteiger partial charge in [-0.15, -0.1) is 11.3 Å². The van der Waals surface area contributed by atoms with E-state index in [0.29, 0.717) is 26.2 Å². The number of thiophene rings is 1. The van der Waals surface area contributed by atoms with Crippen LogP contribution in [0.2, 0.25) is 0 Å². The summed E-state index contributed by atoms with van der Waals surface area (Å²) in [4.78, 5) is 12.8. The van der Waals surface area contributed by atoms with E-state index in [1.165, 1.54) is 4.88 Å². The third-order valence-electron chi connectivity index (χ3n) is 1.96. The quantitative estimate of drug-likeness (QED) is 0.530. The van der Waals surface area contributed by atoms with Crippen LogP contribution in [0.15, 0.2) is 11.4 Å². The minimum absolute atomic E-state index is 0.150. The van der Waals surface area contributed by atoms with Gasteiger partial charge in [-0.2, -0.15) is 0 Å². The molecule has 84 valence electrons. The zero-order chi connectivity index (χ0) is 11.1. The van der Waals surface area contributed by atoms with Crippen molar-refractivity contribution in [2.45, 2.75) is 13.3 Å². The first-order valence-electron chi connectivity index (χ1n) is 4.89. The fourth-order valence-corrected chi connectivity index (χ4v) is 1.85. The molecule has 3 nitrogen and oxygen atoms in total. The minimum atomic E-state index is 0.150. The summed E-state index contributed by atoms with van der Waals surface area (Å²) >= 11 is 1.60. The summed E-state index contributed by atoms with van der Waals surface area (Å²) in [7, 11) is 1.63. The Hall–Kier alpha value is -0.710. The molecule has 0 fully saturated rings. The Morgan fingerprint density at radius 3 is 2.80 bits per heavy atom. The highest BCUT2D eigenvalue weighted by Gasteiger charge is 2.06. The second-order valence-corrected chi connectivity index (χ2v) is 4.34. The van der Waals surface area contributed by atoms with Gasteiger partial charge in [0.1, 0.15) is 0 Å². The zero-order valence-corrected chi connectivity index (χ0v) is 9.93. The molecule has 1 aromatic heterocycles. The van der Waals surface area contributed by atoms with Gasteiger partial charge in [-0.05, 0) is 13.0 Å². The van der Waals surface area contributed by atoms with Crippen molar-refractivity contribution in [3.8, 4) is 0 Å². The average Bonchev–Trinajstić information content (AvgIpc) is 2.64. The number of carbonyl (C=O) groups excluding carboxylic acids is 1. The maximum absolute atomic E-state index is 11.6. The van der Waals surface area contributed by atoms with Gasteiger partial charge >= 0.3 is 0 Å². The summed E-state index contributed by atoms with van der Waals surface area (Å²) in [6.07, 6.45) is 0.444. The van der Waals surface area contributed by atoms with Crippen LogP contribution in [-0.4, -0.2) is 32.7 Å². The van der Waals surface area contributed by atoms with E-state index >= 15 is 0 Å². The highest BCUT2D eigenvalue weighted by Crippen LogP contribution is 2.14. The molecule has 0 aliphatic rings. The highest BCUT2D eigenvalue weighted by atomic mass is 32.1. The van der Waals surface area contributed by atoms with Crippen molar-refractivity contribution in [1.29, 1.82) is 0 Å². The lowest BCUT2D eigenvalue weighted by molar-refractivity contribution is 0.0641. The number of rotatable bonds is 7. The van der Waals surface area contributed by atoms with Crippen LogP contribution >= 0.6 is 11.3 Å². The Kier molecular flexibility index (Phi) is 5.53. The smallest absolute Gasteiger partial charge is 0.166 e. The molecule has 0 bridgehead atoms. The molecule has 0 spiro atoms. The number of aryl methyl sites for hydroxylation is 1. The second kappa shape index (κ2) is 6.71. The van der Waals surface area contributed by atoms with Crippen LogP contribution in [0.5, 0.6) is 0 Å². The number of ether oxygens (including phenoxy) is 2. The third kappa shape index (κ3) is 4.55. The Bertz CT molecular complexity index is 307. The van der Waals surface area contributed by atoms with Crippen molar-refractivity contribution in [3.63, 3.8) is 0 Å². The van der Waals surface area contributed by atoms with Gasteiger partial charge in [0.05, 0.1) is 19.8 Å². The lowest BCUT2D eigenvalue weighted by Gasteiger charge is -2.01. The van der Waals surface area contributed by atoms with Crippen LogP contribution in [0.3, 0.4) is 0 Å². The number of hydrogen-bond acceptors (Lipinski definition) is 4. The molecule has 0 radical (unpaired) electrons. The maximum atomic E-state index is 11.6.